The van der Waals surface area contributed by atoms with Crippen molar-refractivity contribution in [3.63, 3.8) is 0 Å². The fraction of sp³-hybridized carbons (Fsp3) is 0.684. The van der Waals surface area contributed by atoms with Crippen LogP contribution in [0.2, 0.25) is 0 Å². The number of aromatic nitrogens is 4. The van der Waals surface area contributed by atoms with Crippen molar-refractivity contribution in [2.75, 3.05) is 0 Å². The molecule has 2 aromatic heterocycles. The summed E-state index contributed by atoms with van der Waals surface area (Å²) in [7, 11) is 2.96. The van der Waals surface area contributed by atoms with Gasteiger partial charge < -0.3 is 9.30 Å². The van der Waals surface area contributed by atoms with Gasteiger partial charge in [-0.1, -0.05) is 20.8 Å². The van der Waals surface area contributed by atoms with E-state index in [4.69, 9.17) is 4.74 Å². The summed E-state index contributed by atoms with van der Waals surface area (Å²) in [5.41, 5.74) is -0.143. The smallest absolute Gasteiger partial charge is 0.332 e. The molecule has 0 saturated heterocycles. The zero-order valence-corrected chi connectivity index (χ0v) is 16.7. The van der Waals surface area contributed by atoms with E-state index < -0.39 is 11.2 Å². The van der Waals surface area contributed by atoms with Crippen molar-refractivity contribution in [3.8, 4) is 0 Å². The fourth-order valence-corrected chi connectivity index (χ4v) is 3.93. The molecule has 8 heteroatoms. The third kappa shape index (κ3) is 3.70. The van der Waals surface area contributed by atoms with Crippen molar-refractivity contribution in [2.24, 2.45) is 25.4 Å². The molecule has 1 saturated carbocycles. The summed E-state index contributed by atoms with van der Waals surface area (Å²) in [6.45, 7) is 6.66. The van der Waals surface area contributed by atoms with Crippen molar-refractivity contribution in [3.05, 3.63) is 27.2 Å². The second kappa shape index (κ2) is 6.98. The third-order valence-electron chi connectivity index (χ3n) is 5.71. The van der Waals surface area contributed by atoms with E-state index in [9.17, 15) is 14.4 Å². The maximum Gasteiger partial charge on any atom is 0.332 e. The van der Waals surface area contributed by atoms with Gasteiger partial charge in [-0.15, -0.1) is 0 Å². The van der Waals surface area contributed by atoms with Crippen molar-refractivity contribution in [1.29, 1.82) is 0 Å². The highest BCUT2D eigenvalue weighted by molar-refractivity contribution is 5.75. The predicted octanol–water partition coefficient (Wildman–Crippen LogP) is 1.58. The van der Waals surface area contributed by atoms with Gasteiger partial charge in [0.1, 0.15) is 12.6 Å². The van der Waals surface area contributed by atoms with Gasteiger partial charge >= 0.3 is 11.7 Å². The van der Waals surface area contributed by atoms with Crippen LogP contribution < -0.4 is 11.2 Å². The number of imidazole rings is 1. The average molecular weight is 376 g/mol. The maximum absolute atomic E-state index is 12.4. The molecule has 0 spiro atoms. The van der Waals surface area contributed by atoms with E-state index in [1.807, 2.05) is 0 Å². The first-order chi connectivity index (χ1) is 12.6. The van der Waals surface area contributed by atoms with Crippen LogP contribution >= 0.6 is 0 Å². The molecule has 0 radical (unpaired) electrons. The Hall–Kier alpha value is -2.38. The van der Waals surface area contributed by atoms with E-state index in [1.54, 1.807) is 7.05 Å². The molecule has 1 aliphatic rings. The summed E-state index contributed by atoms with van der Waals surface area (Å²) >= 11 is 0. The van der Waals surface area contributed by atoms with Crippen LogP contribution in [0, 0.1) is 11.3 Å². The van der Waals surface area contributed by atoms with E-state index >= 15 is 0 Å². The number of aryl methyl sites for hydroxylation is 1. The predicted molar refractivity (Wildman–Crippen MR) is 102 cm³/mol. The van der Waals surface area contributed by atoms with Gasteiger partial charge in [-0.2, -0.15) is 0 Å². The van der Waals surface area contributed by atoms with Gasteiger partial charge in [0, 0.05) is 14.1 Å². The van der Waals surface area contributed by atoms with Crippen LogP contribution in [-0.4, -0.2) is 30.8 Å². The van der Waals surface area contributed by atoms with E-state index in [1.165, 1.54) is 22.5 Å². The Morgan fingerprint density at radius 2 is 1.78 bits per heavy atom. The SMILES string of the molecule is Cn1c(=O)c2c(ncn2CC(=O)OC2CCC(C(C)(C)C)CC2)n(C)c1=O. The first-order valence-electron chi connectivity index (χ1n) is 9.40. The summed E-state index contributed by atoms with van der Waals surface area (Å²) in [5, 5.41) is 0. The first kappa shape index (κ1) is 19.4. The van der Waals surface area contributed by atoms with E-state index in [2.05, 4.69) is 25.8 Å². The lowest BCUT2D eigenvalue weighted by atomic mass is 9.72. The molecule has 27 heavy (non-hydrogen) atoms. The summed E-state index contributed by atoms with van der Waals surface area (Å²) in [5.74, 6) is 0.263. The average Bonchev–Trinajstić information content (AvgIpc) is 3.01. The van der Waals surface area contributed by atoms with E-state index in [0.717, 1.165) is 30.3 Å². The molecule has 3 rings (SSSR count). The largest absolute Gasteiger partial charge is 0.461 e. The zero-order valence-electron chi connectivity index (χ0n) is 16.7. The van der Waals surface area contributed by atoms with Crippen LogP contribution in [0.3, 0.4) is 0 Å². The minimum Gasteiger partial charge on any atom is -0.461 e. The molecule has 0 bridgehead atoms. The number of esters is 1. The van der Waals surface area contributed by atoms with Crippen LogP contribution in [0.4, 0.5) is 0 Å². The Kier molecular flexibility index (Phi) is 5.01. The second-order valence-electron chi connectivity index (χ2n) is 8.58. The topological polar surface area (TPSA) is 88.1 Å². The third-order valence-corrected chi connectivity index (χ3v) is 5.71. The monoisotopic (exact) mass is 376 g/mol. The van der Waals surface area contributed by atoms with Crippen LogP contribution in [0.25, 0.3) is 11.2 Å². The minimum absolute atomic E-state index is 0.0712. The van der Waals surface area contributed by atoms with Gasteiger partial charge in [-0.3, -0.25) is 18.7 Å². The lowest BCUT2D eigenvalue weighted by molar-refractivity contribution is -0.152. The number of hydrogen-bond donors (Lipinski definition) is 0. The molecule has 8 nitrogen and oxygen atoms in total. The molecule has 1 aliphatic carbocycles. The number of ether oxygens (including phenoxy) is 1. The Morgan fingerprint density at radius 1 is 1.15 bits per heavy atom. The molecule has 148 valence electrons. The quantitative estimate of drug-likeness (QED) is 0.759. The fourth-order valence-electron chi connectivity index (χ4n) is 3.93. The number of fused-ring (bicyclic) bond motifs is 1. The Bertz CT molecular complexity index is 968. The van der Waals surface area contributed by atoms with Crippen LogP contribution in [0.1, 0.15) is 46.5 Å². The Balaban J connectivity index is 1.71. The molecular weight excluding hydrogens is 348 g/mol. The zero-order chi connectivity index (χ0) is 19.9. The molecule has 0 amide bonds. The van der Waals surface area contributed by atoms with Crippen molar-refractivity contribution in [1.82, 2.24) is 18.7 Å². The van der Waals surface area contributed by atoms with Crippen molar-refractivity contribution in [2.45, 2.75) is 59.1 Å². The molecule has 0 N–H and O–H groups in total. The van der Waals surface area contributed by atoms with Gasteiger partial charge in [-0.05, 0) is 37.0 Å². The number of nitrogens with zero attached hydrogens (tertiary/aromatic N) is 4. The van der Waals surface area contributed by atoms with Gasteiger partial charge in [-0.25, -0.2) is 9.78 Å². The van der Waals surface area contributed by atoms with Crippen molar-refractivity contribution < 1.29 is 9.53 Å². The Morgan fingerprint density at radius 3 is 2.37 bits per heavy atom. The summed E-state index contributed by atoms with van der Waals surface area (Å²) in [4.78, 5) is 40.9. The van der Waals surface area contributed by atoms with E-state index in [-0.39, 0.29) is 35.2 Å². The molecule has 0 atom stereocenters. The van der Waals surface area contributed by atoms with Crippen LogP contribution in [0.15, 0.2) is 15.9 Å². The highest BCUT2D eigenvalue weighted by Crippen LogP contribution is 2.38. The van der Waals surface area contributed by atoms with Gasteiger partial charge in [0.2, 0.25) is 0 Å². The standard InChI is InChI=1S/C19H28N4O4/c1-19(2,3)12-6-8-13(9-7-12)27-14(24)10-23-11-20-16-15(23)17(25)22(5)18(26)21(16)4/h11-13H,6-10H2,1-5H3. The van der Waals surface area contributed by atoms with Gasteiger partial charge in [0.05, 0.1) is 6.33 Å². The highest BCUT2D eigenvalue weighted by atomic mass is 16.5. The van der Waals surface area contributed by atoms with E-state index in [0.29, 0.717) is 5.92 Å². The summed E-state index contributed by atoms with van der Waals surface area (Å²) < 4.78 is 9.40. The van der Waals surface area contributed by atoms with Gasteiger partial charge in [0.15, 0.2) is 11.2 Å². The van der Waals surface area contributed by atoms with Crippen LogP contribution in [-0.2, 0) is 30.2 Å². The minimum atomic E-state index is -0.468. The lowest BCUT2D eigenvalue weighted by Gasteiger charge is -2.36. The number of rotatable bonds is 3. The lowest BCUT2D eigenvalue weighted by Crippen LogP contribution is -2.38. The molecule has 0 aromatic carbocycles. The normalized spacial score (nSPS) is 20.8. The van der Waals surface area contributed by atoms with Crippen molar-refractivity contribution >= 4 is 17.1 Å². The molecular formula is C19H28N4O4. The maximum atomic E-state index is 12.4. The molecule has 2 heterocycles. The number of carbonyl (C=O) groups is 1. The second-order valence-corrected chi connectivity index (χ2v) is 8.58. The molecule has 2 aromatic rings. The summed E-state index contributed by atoms with van der Waals surface area (Å²) in [6, 6.07) is 0. The highest BCUT2D eigenvalue weighted by Gasteiger charge is 2.31. The molecule has 0 aliphatic heterocycles. The van der Waals surface area contributed by atoms with Crippen LogP contribution in [0.5, 0.6) is 0 Å². The first-order valence-corrected chi connectivity index (χ1v) is 9.40. The molecule has 0 unspecified atom stereocenters. The Labute approximate surface area is 157 Å². The van der Waals surface area contributed by atoms with Gasteiger partial charge in [0.25, 0.3) is 5.56 Å². The molecule has 1 fully saturated rings. The number of carbonyl (C=O) groups excluding carboxylic acids is 1. The number of hydrogen-bond acceptors (Lipinski definition) is 5. The summed E-state index contributed by atoms with van der Waals surface area (Å²) in [6.07, 6.45) is 5.18.